The van der Waals surface area contributed by atoms with Gasteiger partial charge >= 0.3 is 5.97 Å². The first kappa shape index (κ1) is 16.7. The first-order valence-electron chi connectivity index (χ1n) is 6.49. The highest BCUT2D eigenvalue weighted by atomic mass is 79.9. The highest BCUT2D eigenvalue weighted by Crippen LogP contribution is 2.32. The fourth-order valence-electron chi connectivity index (χ4n) is 2.55. The first-order valence-corrected chi connectivity index (χ1v) is 9.14. The Kier molecular flexibility index (Phi) is 5.29. The van der Waals surface area contributed by atoms with Crippen molar-refractivity contribution in [1.29, 1.82) is 0 Å². The topological polar surface area (TPSA) is 83.5 Å². The largest absolute Gasteiger partial charge is 0.481 e. The van der Waals surface area contributed by atoms with E-state index in [4.69, 9.17) is 16.7 Å². The highest BCUT2D eigenvalue weighted by Gasteiger charge is 2.33. The van der Waals surface area contributed by atoms with E-state index in [9.17, 15) is 13.2 Å². The Morgan fingerprint density at radius 1 is 1.43 bits per heavy atom. The summed E-state index contributed by atoms with van der Waals surface area (Å²) in [6, 6.07) is 4.34. The van der Waals surface area contributed by atoms with Crippen molar-refractivity contribution in [1.82, 2.24) is 4.72 Å². The third kappa shape index (κ3) is 3.97. The average Bonchev–Trinajstić information content (AvgIpc) is 2.88. The molecule has 1 aliphatic carbocycles. The molecule has 0 saturated heterocycles. The summed E-state index contributed by atoms with van der Waals surface area (Å²) in [4.78, 5) is 11.2. The number of aliphatic carboxylic acids is 1. The molecule has 2 rings (SSSR count). The van der Waals surface area contributed by atoms with Crippen LogP contribution in [0.1, 0.15) is 19.3 Å². The molecule has 2 atom stereocenters. The summed E-state index contributed by atoms with van der Waals surface area (Å²) in [5.41, 5.74) is 0. The summed E-state index contributed by atoms with van der Waals surface area (Å²) in [6.45, 7) is 0.138. The molecule has 1 fully saturated rings. The van der Waals surface area contributed by atoms with Crippen LogP contribution in [-0.2, 0) is 14.8 Å². The van der Waals surface area contributed by atoms with Gasteiger partial charge in [0.25, 0.3) is 0 Å². The van der Waals surface area contributed by atoms with Gasteiger partial charge in [-0.25, -0.2) is 13.1 Å². The molecule has 0 aliphatic heterocycles. The van der Waals surface area contributed by atoms with Gasteiger partial charge < -0.3 is 5.11 Å². The lowest BCUT2D eigenvalue weighted by atomic mass is 9.97. The van der Waals surface area contributed by atoms with Crippen LogP contribution in [0.15, 0.2) is 27.6 Å². The quantitative estimate of drug-likeness (QED) is 0.801. The maximum absolute atomic E-state index is 12.2. The van der Waals surface area contributed by atoms with Gasteiger partial charge in [0.1, 0.15) is 0 Å². The molecule has 1 saturated carbocycles. The second-order valence-corrected chi connectivity index (χ2v) is 8.09. The van der Waals surface area contributed by atoms with Gasteiger partial charge in [0.05, 0.1) is 15.8 Å². The smallest absolute Gasteiger partial charge is 0.306 e. The molecule has 0 radical (unpaired) electrons. The van der Waals surface area contributed by atoms with Crippen LogP contribution >= 0.6 is 27.5 Å². The van der Waals surface area contributed by atoms with Gasteiger partial charge in [-0.2, -0.15) is 0 Å². The number of sulfonamides is 1. The number of benzene rings is 1. The van der Waals surface area contributed by atoms with Crippen molar-refractivity contribution in [3.8, 4) is 0 Å². The minimum Gasteiger partial charge on any atom is -0.481 e. The lowest BCUT2D eigenvalue weighted by Crippen LogP contribution is -2.33. The van der Waals surface area contributed by atoms with Gasteiger partial charge in [-0.3, -0.25) is 4.79 Å². The van der Waals surface area contributed by atoms with Crippen LogP contribution in [0.4, 0.5) is 0 Å². The Bertz CT molecular complexity index is 650. The number of hydrogen-bond acceptors (Lipinski definition) is 3. The molecule has 0 bridgehead atoms. The summed E-state index contributed by atoms with van der Waals surface area (Å²) in [6.07, 6.45) is 2.15. The van der Waals surface area contributed by atoms with E-state index >= 15 is 0 Å². The predicted octanol–water partition coefficient (Wildman–Crippen LogP) is 2.88. The van der Waals surface area contributed by atoms with Crippen molar-refractivity contribution in [2.24, 2.45) is 11.8 Å². The molecule has 5 nitrogen and oxygen atoms in total. The summed E-state index contributed by atoms with van der Waals surface area (Å²) < 4.78 is 27.4. The van der Waals surface area contributed by atoms with Crippen LogP contribution in [0.25, 0.3) is 0 Å². The van der Waals surface area contributed by atoms with Crippen LogP contribution in [0.5, 0.6) is 0 Å². The number of halogens is 2. The molecular formula is C13H15BrClNO4S. The van der Waals surface area contributed by atoms with Gasteiger partial charge in [0.2, 0.25) is 10.0 Å². The zero-order valence-electron chi connectivity index (χ0n) is 11.1. The van der Waals surface area contributed by atoms with E-state index in [1.54, 1.807) is 0 Å². The molecule has 116 valence electrons. The molecule has 0 amide bonds. The van der Waals surface area contributed by atoms with E-state index < -0.39 is 21.9 Å². The van der Waals surface area contributed by atoms with E-state index in [0.29, 0.717) is 15.9 Å². The fourth-order valence-corrected chi connectivity index (χ4v) is 4.32. The van der Waals surface area contributed by atoms with Crippen molar-refractivity contribution in [3.05, 3.63) is 27.7 Å². The second kappa shape index (κ2) is 6.64. The van der Waals surface area contributed by atoms with Gasteiger partial charge in [0.15, 0.2) is 0 Å². The summed E-state index contributed by atoms with van der Waals surface area (Å²) >= 11 is 9.02. The van der Waals surface area contributed by atoms with Crippen molar-refractivity contribution < 1.29 is 18.3 Å². The SMILES string of the molecule is O=C(O)C1CCCC1CNS(=O)(=O)c1ccc(Cl)c(Br)c1. The molecule has 1 aromatic carbocycles. The Morgan fingerprint density at radius 2 is 2.14 bits per heavy atom. The molecule has 0 spiro atoms. The third-order valence-corrected chi connectivity index (χ3v) is 6.35. The van der Waals surface area contributed by atoms with Gasteiger partial charge in [-0.05, 0) is 52.9 Å². The monoisotopic (exact) mass is 395 g/mol. The van der Waals surface area contributed by atoms with Crippen LogP contribution < -0.4 is 4.72 Å². The third-order valence-electron chi connectivity index (χ3n) is 3.71. The lowest BCUT2D eigenvalue weighted by Gasteiger charge is -2.16. The number of nitrogens with one attached hydrogen (secondary N) is 1. The number of carboxylic acids is 1. The average molecular weight is 397 g/mol. The van der Waals surface area contributed by atoms with Crippen molar-refractivity contribution in [2.45, 2.75) is 24.2 Å². The molecule has 1 aromatic rings. The molecule has 2 N–H and O–H groups in total. The fraction of sp³-hybridized carbons (Fsp3) is 0.462. The Balaban J connectivity index is 2.07. The molecule has 0 aromatic heterocycles. The standard InChI is InChI=1S/C13H15BrClNO4S/c14-11-6-9(4-5-12(11)15)21(19,20)16-7-8-2-1-3-10(8)13(17)18/h4-6,8,10,16H,1-3,7H2,(H,17,18). The highest BCUT2D eigenvalue weighted by molar-refractivity contribution is 9.10. The van der Waals surface area contributed by atoms with Crippen LogP contribution in [0.3, 0.4) is 0 Å². The summed E-state index contributed by atoms with van der Waals surface area (Å²) in [5, 5.41) is 9.53. The van der Waals surface area contributed by atoms with Crippen molar-refractivity contribution in [2.75, 3.05) is 6.54 Å². The van der Waals surface area contributed by atoms with E-state index in [1.165, 1.54) is 18.2 Å². The molecule has 1 aliphatic rings. The zero-order chi connectivity index (χ0) is 15.6. The minimum absolute atomic E-state index is 0.101. The molecule has 8 heteroatoms. The number of hydrogen-bond donors (Lipinski definition) is 2. The van der Waals surface area contributed by atoms with Crippen molar-refractivity contribution >= 4 is 43.5 Å². The second-order valence-electron chi connectivity index (χ2n) is 5.06. The first-order chi connectivity index (χ1) is 9.81. The van der Waals surface area contributed by atoms with Crippen LogP contribution in [0, 0.1) is 11.8 Å². The van der Waals surface area contributed by atoms with E-state index in [2.05, 4.69) is 20.7 Å². The van der Waals surface area contributed by atoms with E-state index in [-0.39, 0.29) is 17.4 Å². The Hall–Kier alpha value is -0.630. The Morgan fingerprint density at radius 3 is 2.76 bits per heavy atom. The molecule has 0 heterocycles. The molecular weight excluding hydrogens is 382 g/mol. The van der Waals surface area contributed by atoms with Crippen LogP contribution in [0.2, 0.25) is 5.02 Å². The van der Waals surface area contributed by atoms with E-state index in [1.807, 2.05) is 0 Å². The molecule has 2 unspecified atom stereocenters. The number of carbonyl (C=O) groups is 1. The lowest BCUT2D eigenvalue weighted by molar-refractivity contribution is -0.142. The molecule has 21 heavy (non-hydrogen) atoms. The van der Waals surface area contributed by atoms with Crippen LogP contribution in [-0.4, -0.2) is 26.0 Å². The maximum atomic E-state index is 12.2. The van der Waals surface area contributed by atoms with Crippen molar-refractivity contribution in [3.63, 3.8) is 0 Å². The number of carboxylic acid groups (broad SMARTS) is 1. The zero-order valence-corrected chi connectivity index (χ0v) is 14.2. The van der Waals surface area contributed by atoms with Gasteiger partial charge in [0, 0.05) is 11.0 Å². The number of rotatable bonds is 5. The maximum Gasteiger partial charge on any atom is 0.306 e. The normalized spacial score (nSPS) is 22.4. The predicted molar refractivity (Wildman–Crippen MR) is 82.8 cm³/mol. The Labute approximate surface area is 136 Å². The van der Waals surface area contributed by atoms with Gasteiger partial charge in [-0.15, -0.1) is 0 Å². The van der Waals surface area contributed by atoms with Gasteiger partial charge in [-0.1, -0.05) is 18.0 Å². The van der Waals surface area contributed by atoms with E-state index in [0.717, 1.165) is 12.8 Å². The summed E-state index contributed by atoms with van der Waals surface area (Å²) in [7, 11) is -3.67. The summed E-state index contributed by atoms with van der Waals surface area (Å²) in [5.74, 6) is -1.48. The minimum atomic E-state index is -3.67.